The van der Waals surface area contributed by atoms with Gasteiger partial charge in [-0.05, 0) is 37.4 Å². The second-order valence-corrected chi connectivity index (χ2v) is 7.98. The summed E-state index contributed by atoms with van der Waals surface area (Å²) in [6.45, 7) is 4.43. The molecule has 1 amide bonds. The minimum Gasteiger partial charge on any atom is -0.329 e. The van der Waals surface area contributed by atoms with Crippen molar-refractivity contribution >= 4 is 17.2 Å². The maximum atomic E-state index is 13.3. The molecular weight excluding hydrogens is 384 g/mol. The highest BCUT2D eigenvalue weighted by Gasteiger charge is 2.26. The molecule has 1 aromatic carbocycles. The van der Waals surface area contributed by atoms with Crippen LogP contribution in [0.1, 0.15) is 30.0 Å². The van der Waals surface area contributed by atoms with Crippen LogP contribution >= 0.6 is 11.3 Å². The smallest absolute Gasteiger partial charge is 0.294 e. The van der Waals surface area contributed by atoms with Crippen molar-refractivity contribution in [2.24, 2.45) is 7.05 Å². The first-order valence-corrected chi connectivity index (χ1v) is 10.3. The molecule has 0 saturated carbocycles. The zero-order valence-corrected chi connectivity index (χ0v) is 17.4. The Morgan fingerprint density at radius 1 is 1.17 bits per heavy atom. The maximum absolute atomic E-state index is 13.3. The molecule has 0 unspecified atom stereocenters. The largest absolute Gasteiger partial charge is 0.329 e. The predicted molar refractivity (Wildman–Crippen MR) is 113 cm³/mol. The number of aromatic nitrogens is 5. The maximum Gasteiger partial charge on any atom is 0.294 e. The lowest BCUT2D eigenvalue weighted by molar-refractivity contribution is 0.0677. The summed E-state index contributed by atoms with van der Waals surface area (Å²) in [5.41, 5.74) is 1.83. The fourth-order valence-electron chi connectivity index (χ4n) is 3.08. The fourth-order valence-corrected chi connectivity index (χ4v) is 3.78. The SMILES string of the molecule is CC(C)N(Cc1cnn(C)c1)C(=O)c1nc(-c2cccs2)n(-c2ccccc2)n1. The highest BCUT2D eigenvalue weighted by molar-refractivity contribution is 7.13. The minimum atomic E-state index is -0.198. The van der Waals surface area contributed by atoms with E-state index in [-0.39, 0.29) is 17.8 Å². The normalized spacial score (nSPS) is 11.2. The molecule has 148 valence electrons. The molecule has 0 radical (unpaired) electrons. The number of thiophene rings is 1. The van der Waals surface area contributed by atoms with E-state index in [2.05, 4.69) is 15.2 Å². The molecule has 8 heteroatoms. The summed E-state index contributed by atoms with van der Waals surface area (Å²) in [4.78, 5) is 20.7. The Morgan fingerprint density at radius 2 is 1.97 bits per heavy atom. The van der Waals surface area contributed by atoms with Gasteiger partial charge in [0.25, 0.3) is 5.91 Å². The number of carbonyl (C=O) groups is 1. The van der Waals surface area contributed by atoms with Crippen molar-refractivity contribution in [3.8, 4) is 16.4 Å². The standard InChI is InChI=1S/C21H22N6OS/c1-15(2)26(14-16-12-22-25(3)13-16)21(28)19-23-20(18-10-7-11-29-18)27(24-19)17-8-5-4-6-9-17/h4-13,15H,14H2,1-3H3. The molecule has 0 bridgehead atoms. The third-order valence-electron chi connectivity index (χ3n) is 4.54. The van der Waals surface area contributed by atoms with Gasteiger partial charge >= 0.3 is 0 Å². The van der Waals surface area contributed by atoms with Crippen LogP contribution in [0.5, 0.6) is 0 Å². The average molecular weight is 407 g/mol. The van der Waals surface area contributed by atoms with Gasteiger partial charge in [0.05, 0.1) is 16.8 Å². The van der Waals surface area contributed by atoms with Gasteiger partial charge < -0.3 is 4.90 Å². The quantitative estimate of drug-likeness (QED) is 0.489. The van der Waals surface area contributed by atoms with Crippen molar-refractivity contribution in [2.45, 2.75) is 26.4 Å². The summed E-state index contributed by atoms with van der Waals surface area (Å²) in [6.07, 6.45) is 3.69. The van der Waals surface area contributed by atoms with Gasteiger partial charge in [-0.3, -0.25) is 9.48 Å². The van der Waals surface area contributed by atoms with Crippen molar-refractivity contribution in [1.29, 1.82) is 0 Å². The summed E-state index contributed by atoms with van der Waals surface area (Å²) >= 11 is 1.57. The molecule has 3 heterocycles. The van der Waals surface area contributed by atoms with Crippen LogP contribution < -0.4 is 0 Å². The fraction of sp³-hybridized carbons (Fsp3) is 0.238. The molecule has 0 saturated heterocycles. The average Bonchev–Trinajstić information content (AvgIpc) is 3.46. The Balaban J connectivity index is 1.72. The number of aryl methyl sites for hydroxylation is 1. The van der Waals surface area contributed by atoms with Gasteiger partial charge in [-0.15, -0.1) is 16.4 Å². The van der Waals surface area contributed by atoms with E-state index in [4.69, 9.17) is 0 Å². The van der Waals surface area contributed by atoms with Crippen LogP contribution in [0.3, 0.4) is 0 Å². The molecule has 0 fully saturated rings. The number of hydrogen-bond acceptors (Lipinski definition) is 5. The Hall–Kier alpha value is -3.26. The number of rotatable bonds is 6. The van der Waals surface area contributed by atoms with E-state index in [1.807, 2.05) is 74.9 Å². The second kappa shape index (κ2) is 8.00. The molecule has 0 N–H and O–H groups in total. The van der Waals surface area contributed by atoms with Crippen molar-refractivity contribution in [3.05, 3.63) is 71.6 Å². The molecule has 4 rings (SSSR count). The minimum absolute atomic E-state index is 0.00318. The molecule has 0 aliphatic carbocycles. The predicted octanol–water partition coefficient (Wildman–Crippen LogP) is 3.78. The van der Waals surface area contributed by atoms with Crippen LogP contribution in [-0.4, -0.2) is 41.4 Å². The summed E-state index contributed by atoms with van der Waals surface area (Å²) in [5, 5.41) is 10.8. The van der Waals surface area contributed by atoms with Gasteiger partial charge in [-0.2, -0.15) is 5.10 Å². The lowest BCUT2D eigenvalue weighted by Crippen LogP contribution is -2.37. The van der Waals surface area contributed by atoms with E-state index in [0.29, 0.717) is 12.4 Å². The molecular formula is C21H22N6OS. The van der Waals surface area contributed by atoms with E-state index in [1.54, 1.807) is 31.8 Å². The molecule has 29 heavy (non-hydrogen) atoms. The van der Waals surface area contributed by atoms with Crippen molar-refractivity contribution in [2.75, 3.05) is 0 Å². The number of para-hydroxylation sites is 1. The van der Waals surface area contributed by atoms with Gasteiger partial charge in [0, 0.05) is 31.4 Å². The van der Waals surface area contributed by atoms with Crippen LogP contribution in [0.4, 0.5) is 0 Å². The molecule has 4 aromatic rings. The Kier molecular flexibility index (Phi) is 5.26. The van der Waals surface area contributed by atoms with E-state index in [0.717, 1.165) is 16.1 Å². The van der Waals surface area contributed by atoms with Crippen LogP contribution in [0.25, 0.3) is 16.4 Å². The molecule has 3 aromatic heterocycles. The number of hydrogen-bond donors (Lipinski definition) is 0. The van der Waals surface area contributed by atoms with Gasteiger partial charge in [0.2, 0.25) is 5.82 Å². The summed E-state index contributed by atoms with van der Waals surface area (Å²) in [7, 11) is 1.86. The lowest BCUT2D eigenvalue weighted by Gasteiger charge is -2.24. The number of benzene rings is 1. The molecule has 0 spiro atoms. The molecule has 0 atom stereocenters. The monoisotopic (exact) mass is 406 g/mol. The lowest BCUT2D eigenvalue weighted by atomic mass is 10.2. The third-order valence-corrected chi connectivity index (χ3v) is 5.40. The highest BCUT2D eigenvalue weighted by atomic mass is 32.1. The van der Waals surface area contributed by atoms with Crippen molar-refractivity contribution in [1.82, 2.24) is 29.4 Å². The summed E-state index contributed by atoms with van der Waals surface area (Å²) in [5.74, 6) is 0.658. The topological polar surface area (TPSA) is 68.8 Å². The Morgan fingerprint density at radius 3 is 2.59 bits per heavy atom. The van der Waals surface area contributed by atoms with Gasteiger partial charge in [-0.1, -0.05) is 24.3 Å². The number of nitrogens with zero attached hydrogens (tertiary/aromatic N) is 6. The second-order valence-electron chi connectivity index (χ2n) is 7.03. The van der Waals surface area contributed by atoms with Crippen molar-refractivity contribution in [3.63, 3.8) is 0 Å². The molecule has 7 nitrogen and oxygen atoms in total. The third kappa shape index (κ3) is 3.97. The summed E-state index contributed by atoms with van der Waals surface area (Å²) < 4.78 is 3.47. The van der Waals surface area contributed by atoms with Gasteiger partial charge in [0.15, 0.2) is 5.82 Å². The van der Waals surface area contributed by atoms with Gasteiger partial charge in [0.1, 0.15) is 0 Å². The number of amides is 1. The first kappa shape index (κ1) is 19.1. The highest BCUT2D eigenvalue weighted by Crippen LogP contribution is 2.26. The van der Waals surface area contributed by atoms with Crippen LogP contribution in [0.15, 0.2) is 60.2 Å². The Bertz CT molecular complexity index is 1100. The van der Waals surface area contributed by atoms with Gasteiger partial charge in [-0.25, -0.2) is 9.67 Å². The zero-order chi connectivity index (χ0) is 20.4. The Labute approximate surface area is 173 Å². The number of carbonyl (C=O) groups excluding carboxylic acids is 1. The van der Waals surface area contributed by atoms with Crippen molar-refractivity contribution < 1.29 is 4.79 Å². The van der Waals surface area contributed by atoms with Crippen LogP contribution in [-0.2, 0) is 13.6 Å². The molecule has 0 aliphatic heterocycles. The zero-order valence-electron chi connectivity index (χ0n) is 16.6. The molecule has 0 aliphatic rings. The van der Waals surface area contributed by atoms with Crippen LogP contribution in [0.2, 0.25) is 0 Å². The first-order chi connectivity index (χ1) is 14.0. The van der Waals surface area contributed by atoms with E-state index < -0.39 is 0 Å². The van der Waals surface area contributed by atoms with E-state index in [1.165, 1.54) is 0 Å². The van der Waals surface area contributed by atoms with Crippen LogP contribution in [0, 0.1) is 0 Å². The first-order valence-electron chi connectivity index (χ1n) is 9.38. The van der Waals surface area contributed by atoms with E-state index >= 15 is 0 Å². The van der Waals surface area contributed by atoms with E-state index in [9.17, 15) is 4.79 Å². The summed E-state index contributed by atoms with van der Waals surface area (Å²) in [6, 6.07) is 13.7.